The van der Waals surface area contributed by atoms with Crippen LogP contribution >= 0.6 is 15.9 Å². The molecule has 1 unspecified atom stereocenters. The zero-order chi connectivity index (χ0) is 13.2. The molecule has 0 radical (unpaired) electrons. The summed E-state index contributed by atoms with van der Waals surface area (Å²) in [5.41, 5.74) is 1.17. The van der Waals surface area contributed by atoms with Crippen LogP contribution in [-0.4, -0.2) is 27.3 Å². The van der Waals surface area contributed by atoms with E-state index in [1.54, 1.807) is 6.07 Å². The third-order valence-corrected chi connectivity index (χ3v) is 5.36. The van der Waals surface area contributed by atoms with Gasteiger partial charge in [-0.25, -0.2) is 8.42 Å². The van der Waals surface area contributed by atoms with Gasteiger partial charge in [-0.05, 0) is 59.4 Å². The molecule has 1 aliphatic rings. The van der Waals surface area contributed by atoms with Crippen molar-refractivity contribution in [1.29, 1.82) is 0 Å². The van der Waals surface area contributed by atoms with Crippen LogP contribution in [-0.2, 0) is 16.3 Å². The number of benzene rings is 1. The van der Waals surface area contributed by atoms with Gasteiger partial charge in [0.05, 0.1) is 4.90 Å². The molecule has 0 aromatic heterocycles. The van der Waals surface area contributed by atoms with E-state index in [9.17, 15) is 8.42 Å². The Kier molecular flexibility index (Phi) is 4.45. The fourth-order valence-electron chi connectivity index (χ4n) is 2.35. The topological polar surface area (TPSA) is 46.2 Å². The van der Waals surface area contributed by atoms with E-state index >= 15 is 0 Å². The normalized spacial score (nSPS) is 20.9. The predicted octanol–water partition coefficient (Wildman–Crippen LogP) is 2.54. The fourth-order valence-corrected chi connectivity index (χ4v) is 4.39. The SMILES string of the molecule is CS(=O)(=O)c1ccc(CC2CCCCN2)cc1Br. The van der Waals surface area contributed by atoms with E-state index < -0.39 is 9.84 Å². The lowest BCUT2D eigenvalue weighted by atomic mass is 9.98. The first-order valence-electron chi connectivity index (χ1n) is 6.19. The minimum atomic E-state index is -3.15. The number of halogens is 1. The van der Waals surface area contributed by atoms with Crippen molar-refractivity contribution < 1.29 is 8.42 Å². The number of hydrogen-bond donors (Lipinski definition) is 1. The summed E-state index contributed by atoms with van der Waals surface area (Å²) in [6.07, 6.45) is 5.93. The molecule has 0 amide bonds. The van der Waals surface area contributed by atoms with Crippen LogP contribution in [0.15, 0.2) is 27.6 Å². The van der Waals surface area contributed by atoms with Crippen LogP contribution in [0.1, 0.15) is 24.8 Å². The molecule has 0 saturated carbocycles. The highest BCUT2D eigenvalue weighted by Crippen LogP contribution is 2.24. The third-order valence-electron chi connectivity index (χ3n) is 3.29. The Morgan fingerprint density at radius 3 is 2.72 bits per heavy atom. The van der Waals surface area contributed by atoms with Crippen molar-refractivity contribution in [3.05, 3.63) is 28.2 Å². The zero-order valence-corrected chi connectivity index (χ0v) is 12.9. The van der Waals surface area contributed by atoms with Crippen molar-refractivity contribution in [2.24, 2.45) is 0 Å². The Hall–Kier alpha value is -0.390. The van der Waals surface area contributed by atoms with Crippen LogP contribution < -0.4 is 5.32 Å². The maximum Gasteiger partial charge on any atom is 0.176 e. The second-order valence-corrected chi connectivity index (χ2v) is 7.73. The molecule has 1 N–H and O–H groups in total. The zero-order valence-electron chi connectivity index (χ0n) is 10.4. The van der Waals surface area contributed by atoms with Gasteiger partial charge >= 0.3 is 0 Å². The first-order valence-corrected chi connectivity index (χ1v) is 8.87. The Morgan fingerprint density at radius 2 is 2.17 bits per heavy atom. The molecule has 5 heteroatoms. The maximum atomic E-state index is 11.5. The van der Waals surface area contributed by atoms with Crippen molar-refractivity contribution in [2.75, 3.05) is 12.8 Å². The largest absolute Gasteiger partial charge is 0.314 e. The smallest absolute Gasteiger partial charge is 0.176 e. The van der Waals surface area contributed by atoms with Crippen molar-refractivity contribution in [3.63, 3.8) is 0 Å². The molecular formula is C13H18BrNO2S. The van der Waals surface area contributed by atoms with Gasteiger partial charge in [0, 0.05) is 16.8 Å². The van der Waals surface area contributed by atoms with Gasteiger partial charge in [0.15, 0.2) is 9.84 Å². The number of sulfone groups is 1. The van der Waals surface area contributed by atoms with Crippen molar-refractivity contribution in [1.82, 2.24) is 5.32 Å². The summed E-state index contributed by atoms with van der Waals surface area (Å²) in [5, 5.41) is 3.50. The van der Waals surface area contributed by atoms with E-state index in [1.807, 2.05) is 12.1 Å². The summed E-state index contributed by atoms with van der Waals surface area (Å²) in [6.45, 7) is 1.09. The monoisotopic (exact) mass is 331 g/mol. The average Bonchev–Trinajstić information content (AvgIpc) is 2.28. The first kappa shape index (κ1) is 14.0. The maximum absolute atomic E-state index is 11.5. The summed E-state index contributed by atoms with van der Waals surface area (Å²) >= 11 is 3.35. The summed E-state index contributed by atoms with van der Waals surface area (Å²) in [7, 11) is -3.15. The van der Waals surface area contributed by atoms with Gasteiger partial charge in [-0.2, -0.15) is 0 Å². The van der Waals surface area contributed by atoms with E-state index in [4.69, 9.17) is 0 Å². The molecule has 1 aromatic carbocycles. The predicted molar refractivity (Wildman–Crippen MR) is 76.6 cm³/mol. The number of nitrogens with one attached hydrogen (secondary N) is 1. The standard InChI is InChI=1S/C13H18BrNO2S/c1-18(16,17)13-6-5-10(9-12(13)14)8-11-4-2-3-7-15-11/h5-6,9,11,15H,2-4,7-8H2,1H3. The molecule has 1 atom stereocenters. The van der Waals surface area contributed by atoms with Crippen LogP contribution in [0, 0.1) is 0 Å². The lowest BCUT2D eigenvalue weighted by Gasteiger charge is -2.23. The second-order valence-electron chi connectivity index (χ2n) is 4.89. The van der Waals surface area contributed by atoms with Crippen molar-refractivity contribution in [2.45, 2.75) is 36.6 Å². The molecule has 1 aromatic rings. The Labute approximate surface area is 117 Å². The highest BCUT2D eigenvalue weighted by molar-refractivity contribution is 9.10. The molecule has 0 bridgehead atoms. The van der Waals surface area contributed by atoms with Gasteiger partial charge in [0.2, 0.25) is 0 Å². The van der Waals surface area contributed by atoms with Gasteiger partial charge in [-0.15, -0.1) is 0 Å². The lowest BCUT2D eigenvalue weighted by Crippen LogP contribution is -2.35. The minimum absolute atomic E-state index is 0.364. The van der Waals surface area contributed by atoms with Crippen molar-refractivity contribution >= 4 is 25.8 Å². The summed E-state index contributed by atoms with van der Waals surface area (Å²) in [4.78, 5) is 0.364. The first-order chi connectivity index (χ1) is 8.47. The van der Waals surface area contributed by atoms with E-state index in [2.05, 4.69) is 21.2 Å². The molecule has 1 saturated heterocycles. The highest BCUT2D eigenvalue weighted by Gasteiger charge is 2.15. The summed E-state index contributed by atoms with van der Waals surface area (Å²) in [6, 6.07) is 6.05. The van der Waals surface area contributed by atoms with Gasteiger partial charge in [0.25, 0.3) is 0 Å². The average molecular weight is 332 g/mol. The van der Waals surface area contributed by atoms with E-state index in [0.717, 1.165) is 13.0 Å². The van der Waals surface area contributed by atoms with Crippen LogP contribution in [0.3, 0.4) is 0 Å². The van der Waals surface area contributed by atoms with Gasteiger partial charge < -0.3 is 5.32 Å². The molecule has 1 fully saturated rings. The van der Waals surface area contributed by atoms with Crippen LogP contribution in [0.5, 0.6) is 0 Å². The second kappa shape index (κ2) is 5.72. The van der Waals surface area contributed by atoms with Crippen molar-refractivity contribution in [3.8, 4) is 0 Å². The summed E-state index contributed by atoms with van der Waals surface area (Å²) in [5.74, 6) is 0. The fraction of sp³-hybridized carbons (Fsp3) is 0.538. The van der Waals surface area contributed by atoms with Gasteiger partial charge in [-0.1, -0.05) is 12.5 Å². The van der Waals surface area contributed by atoms with Crippen LogP contribution in [0.2, 0.25) is 0 Å². The molecule has 2 rings (SSSR count). The molecule has 18 heavy (non-hydrogen) atoms. The number of hydrogen-bond acceptors (Lipinski definition) is 3. The molecule has 0 aliphatic carbocycles. The Balaban J connectivity index is 2.13. The van der Waals surface area contributed by atoms with E-state index in [-0.39, 0.29) is 0 Å². The minimum Gasteiger partial charge on any atom is -0.314 e. The van der Waals surface area contributed by atoms with Crippen LogP contribution in [0.25, 0.3) is 0 Å². The molecule has 1 aliphatic heterocycles. The number of rotatable bonds is 3. The number of piperidine rings is 1. The van der Waals surface area contributed by atoms with E-state index in [0.29, 0.717) is 15.4 Å². The quantitative estimate of drug-likeness (QED) is 0.925. The van der Waals surface area contributed by atoms with Gasteiger partial charge in [0.1, 0.15) is 0 Å². The summed E-state index contributed by atoms with van der Waals surface area (Å²) < 4.78 is 23.7. The van der Waals surface area contributed by atoms with Crippen LogP contribution in [0.4, 0.5) is 0 Å². The Bertz CT molecular complexity index is 522. The molecule has 1 heterocycles. The molecule has 100 valence electrons. The van der Waals surface area contributed by atoms with Gasteiger partial charge in [-0.3, -0.25) is 0 Å². The van der Waals surface area contributed by atoms with E-state index in [1.165, 1.54) is 31.1 Å². The molecule has 0 spiro atoms. The molecular weight excluding hydrogens is 314 g/mol. The Morgan fingerprint density at radius 1 is 1.39 bits per heavy atom. The molecule has 3 nitrogen and oxygen atoms in total. The third kappa shape index (κ3) is 3.56. The highest BCUT2D eigenvalue weighted by atomic mass is 79.9. The lowest BCUT2D eigenvalue weighted by molar-refractivity contribution is 0.399.